The summed E-state index contributed by atoms with van der Waals surface area (Å²) in [5.41, 5.74) is 0.501. The largest absolute Gasteiger partial charge is 0.493 e. The van der Waals surface area contributed by atoms with Gasteiger partial charge in [-0.3, -0.25) is 4.79 Å². The van der Waals surface area contributed by atoms with Crippen LogP contribution in [-0.4, -0.2) is 45.8 Å². The maximum atomic E-state index is 13.5. The number of carbonyl (C=O) groups is 1. The SMILES string of the molecule is COc1cc(C(=O)N2CCCC2c2nnc3n2CCCCC3)cc(Cl)c1OCC(C)C. The van der Waals surface area contributed by atoms with Gasteiger partial charge in [0, 0.05) is 25.1 Å². The van der Waals surface area contributed by atoms with Gasteiger partial charge in [0.25, 0.3) is 5.91 Å². The van der Waals surface area contributed by atoms with Crippen LogP contribution in [0.25, 0.3) is 0 Å². The predicted octanol–water partition coefficient (Wildman–Crippen LogP) is 4.68. The highest BCUT2D eigenvalue weighted by Gasteiger charge is 2.35. The summed E-state index contributed by atoms with van der Waals surface area (Å²) in [5.74, 6) is 3.20. The zero-order valence-corrected chi connectivity index (χ0v) is 19.3. The van der Waals surface area contributed by atoms with Crippen molar-refractivity contribution in [2.24, 2.45) is 5.92 Å². The van der Waals surface area contributed by atoms with Crippen LogP contribution >= 0.6 is 11.6 Å². The van der Waals surface area contributed by atoms with Gasteiger partial charge in [-0.25, -0.2) is 0 Å². The Morgan fingerprint density at radius 3 is 2.81 bits per heavy atom. The molecule has 4 rings (SSSR count). The molecule has 0 N–H and O–H groups in total. The summed E-state index contributed by atoms with van der Waals surface area (Å²) in [5, 5.41) is 9.32. The molecule has 7 nitrogen and oxygen atoms in total. The van der Waals surface area contributed by atoms with Crippen molar-refractivity contribution in [2.75, 3.05) is 20.3 Å². The summed E-state index contributed by atoms with van der Waals surface area (Å²) in [4.78, 5) is 15.4. The van der Waals surface area contributed by atoms with Gasteiger partial charge in [-0.15, -0.1) is 10.2 Å². The Kier molecular flexibility index (Phi) is 6.70. The highest BCUT2D eigenvalue weighted by Crippen LogP contribution is 2.39. The van der Waals surface area contributed by atoms with Crippen molar-refractivity contribution in [1.82, 2.24) is 19.7 Å². The van der Waals surface area contributed by atoms with E-state index in [4.69, 9.17) is 21.1 Å². The van der Waals surface area contributed by atoms with Crippen molar-refractivity contribution in [2.45, 2.75) is 65.0 Å². The summed E-state index contributed by atoms with van der Waals surface area (Å²) in [6.45, 7) is 6.28. The predicted molar refractivity (Wildman–Crippen MR) is 119 cm³/mol. The average Bonchev–Trinajstić information content (AvgIpc) is 3.32. The van der Waals surface area contributed by atoms with Crippen LogP contribution in [0, 0.1) is 5.92 Å². The van der Waals surface area contributed by atoms with Crippen LogP contribution in [0.2, 0.25) is 5.02 Å². The number of carbonyl (C=O) groups excluding carboxylic acids is 1. The number of hydrogen-bond donors (Lipinski definition) is 0. The minimum atomic E-state index is -0.0657. The van der Waals surface area contributed by atoms with E-state index in [0.717, 1.165) is 50.3 Å². The van der Waals surface area contributed by atoms with E-state index in [1.807, 2.05) is 4.90 Å². The summed E-state index contributed by atoms with van der Waals surface area (Å²) in [7, 11) is 1.56. The molecule has 8 heteroatoms. The van der Waals surface area contributed by atoms with E-state index >= 15 is 0 Å². The van der Waals surface area contributed by atoms with Crippen molar-refractivity contribution >= 4 is 17.5 Å². The number of rotatable bonds is 6. The van der Waals surface area contributed by atoms with Gasteiger partial charge in [-0.2, -0.15) is 0 Å². The molecule has 0 aliphatic carbocycles. The van der Waals surface area contributed by atoms with Gasteiger partial charge >= 0.3 is 0 Å². The van der Waals surface area contributed by atoms with E-state index in [1.54, 1.807) is 19.2 Å². The van der Waals surface area contributed by atoms with Gasteiger partial charge in [0.1, 0.15) is 5.82 Å². The van der Waals surface area contributed by atoms with Crippen LogP contribution in [0.15, 0.2) is 12.1 Å². The molecular weight excluding hydrogens is 416 g/mol. The highest BCUT2D eigenvalue weighted by molar-refractivity contribution is 6.32. The molecule has 31 heavy (non-hydrogen) atoms. The minimum absolute atomic E-state index is 0.0616. The molecule has 1 unspecified atom stereocenters. The van der Waals surface area contributed by atoms with Gasteiger partial charge in [0.05, 0.1) is 24.8 Å². The van der Waals surface area contributed by atoms with E-state index in [0.29, 0.717) is 41.2 Å². The molecule has 0 bridgehead atoms. The zero-order valence-electron chi connectivity index (χ0n) is 18.6. The second-order valence-corrected chi connectivity index (χ2v) is 9.19. The number of nitrogens with zero attached hydrogens (tertiary/aromatic N) is 4. The van der Waals surface area contributed by atoms with Crippen molar-refractivity contribution in [3.05, 3.63) is 34.4 Å². The second-order valence-electron chi connectivity index (χ2n) is 8.79. The quantitative estimate of drug-likeness (QED) is 0.644. The summed E-state index contributed by atoms with van der Waals surface area (Å²) in [6, 6.07) is 3.35. The molecule has 3 heterocycles. The van der Waals surface area contributed by atoms with E-state index in [1.165, 1.54) is 6.42 Å². The number of likely N-dealkylation sites (tertiary alicyclic amines) is 1. The third kappa shape index (κ3) is 4.52. The van der Waals surface area contributed by atoms with Gasteiger partial charge in [0.15, 0.2) is 17.3 Å². The Labute approximate surface area is 188 Å². The lowest BCUT2D eigenvalue weighted by Gasteiger charge is -2.25. The van der Waals surface area contributed by atoms with Crippen molar-refractivity contribution < 1.29 is 14.3 Å². The number of fused-ring (bicyclic) bond motifs is 1. The minimum Gasteiger partial charge on any atom is -0.493 e. The first-order valence-corrected chi connectivity index (χ1v) is 11.6. The Hall–Kier alpha value is -2.28. The molecule has 0 radical (unpaired) electrons. The molecule has 1 atom stereocenters. The molecule has 1 aromatic heterocycles. The van der Waals surface area contributed by atoms with Crippen molar-refractivity contribution in [1.29, 1.82) is 0 Å². The summed E-state index contributed by atoms with van der Waals surface area (Å²) >= 11 is 6.49. The maximum Gasteiger partial charge on any atom is 0.254 e. The van der Waals surface area contributed by atoms with Gasteiger partial charge < -0.3 is 18.9 Å². The number of ether oxygens (including phenoxy) is 2. The van der Waals surface area contributed by atoms with Crippen LogP contribution < -0.4 is 9.47 Å². The van der Waals surface area contributed by atoms with Crippen LogP contribution in [0.1, 0.15) is 74.0 Å². The lowest BCUT2D eigenvalue weighted by atomic mass is 10.1. The molecule has 1 fully saturated rings. The highest BCUT2D eigenvalue weighted by atomic mass is 35.5. The van der Waals surface area contributed by atoms with Crippen molar-refractivity contribution in [3.63, 3.8) is 0 Å². The summed E-state index contributed by atoms with van der Waals surface area (Å²) in [6.07, 6.45) is 6.28. The smallest absolute Gasteiger partial charge is 0.254 e. The number of aryl methyl sites for hydroxylation is 1. The summed E-state index contributed by atoms with van der Waals surface area (Å²) < 4.78 is 13.6. The first kappa shape index (κ1) is 21.9. The van der Waals surface area contributed by atoms with E-state index < -0.39 is 0 Å². The fraction of sp³-hybridized carbons (Fsp3) is 0.609. The molecule has 2 aromatic rings. The third-order valence-electron chi connectivity index (χ3n) is 5.99. The Morgan fingerprint density at radius 2 is 2.03 bits per heavy atom. The number of aromatic nitrogens is 3. The topological polar surface area (TPSA) is 69.5 Å². The molecule has 1 aromatic carbocycles. The molecule has 0 spiro atoms. The van der Waals surface area contributed by atoms with Crippen LogP contribution in [0.3, 0.4) is 0 Å². The number of hydrogen-bond acceptors (Lipinski definition) is 5. The monoisotopic (exact) mass is 446 g/mol. The number of benzene rings is 1. The molecular formula is C23H31ClN4O3. The Balaban J connectivity index is 1.60. The lowest BCUT2D eigenvalue weighted by Crippen LogP contribution is -2.32. The molecule has 2 aliphatic rings. The zero-order chi connectivity index (χ0) is 22.0. The first-order chi connectivity index (χ1) is 15.0. The molecule has 1 amide bonds. The van der Waals surface area contributed by atoms with Crippen molar-refractivity contribution in [3.8, 4) is 11.5 Å². The number of halogens is 1. The second kappa shape index (κ2) is 9.47. The van der Waals surface area contributed by atoms with Gasteiger partial charge in [0.2, 0.25) is 0 Å². The van der Waals surface area contributed by atoms with Crippen LogP contribution in [0.4, 0.5) is 0 Å². The molecule has 1 saturated heterocycles. The molecule has 0 saturated carbocycles. The molecule has 168 valence electrons. The lowest BCUT2D eigenvalue weighted by molar-refractivity contribution is 0.0726. The van der Waals surface area contributed by atoms with Gasteiger partial charge in [-0.1, -0.05) is 31.9 Å². The number of methoxy groups -OCH3 is 1. The standard InChI is InChI=1S/C23H31ClN4O3/c1-15(2)14-31-21-17(24)12-16(13-19(21)30-3)23(29)27-11-7-8-18(27)22-26-25-20-9-5-4-6-10-28(20)22/h12-13,15,18H,4-11,14H2,1-3H3. The van der Waals surface area contributed by atoms with E-state index in [9.17, 15) is 4.79 Å². The number of amides is 1. The normalized spacial score (nSPS) is 18.7. The first-order valence-electron chi connectivity index (χ1n) is 11.2. The Bertz CT molecular complexity index is 943. The fourth-order valence-corrected chi connectivity index (χ4v) is 4.70. The van der Waals surface area contributed by atoms with Crippen LogP contribution in [0.5, 0.6) is 11.5 Å². The van der Waals surface area contributed by atoms with E-state index in [-0.39, 0.29) is 11.9 Å². The molecule has 2 aliphatic heterocycles. The van der Waals surface area contributed by atoms with E-state index in [2.05, 4.69) is 28.6 Å². The maximum absolute atomic E-state index is 13.5. The average molecular weight is 447 g/mol. The fourth-order valence-electron chi connectivity index (χ4n) is 4.43. The van der Waals surface area contributed by atoms with Crippen LogP contribution in [-0.2, 0) is 13.0 Å². The van der Waals surface area contributed by atoms with Gasteiger partial charge in [-0.05, 0) is 43.7 Å². The Morgan fingerprint density at radius 1 is 1.19 bits per heavy atom. The third-order valence-corrected chi connectivity index (χ3v) is 6.27.